The third-order valence-corrected chi connectivity index (χ3v) is 7.37. The fourth-order valence-corrected chi connectivity index (χ4v) is 5.09. The van der Waals surface area contributed by atoms with Crippen molar-refractivity contribution in [2.45, 2.75) is 59.0 Å². The van der Waals surface area contributed by atoms with Gasteiger partial charge in [-0.2, -0.15) is 0 Å². The molecule has 3 amide bonds. The number of ether oxygens (including phenoxy) is 1. The molecule has 10 nitrogen and oxygen atoms in total. The zero-order valence-electron chi connectivity index (χ0n) is 26.4. The third kappa shape index (κ3) is 9.77. The van der Waals surface area contributed by atoms with Gasteiger partial charge in [0.15, 0.2) is 5.13 Å². The zero-order chi connectivity index (χ0) is 32.5. The molecule has 0 saturated carbocycles. The normalized spacial score (nSPS) is 12.2. The van der Waals surface area contributed by atoms with Crippen LogP contribution in [0.4, 0.5) is 9.93 Å². The summed E-state index contributed by atoms with van der Waals surface area (Å²) >= 11 is 1.29. The highest BCUT2D eigenvalue weighted by Gasteiger charge is 2.27. The number of benzene rings is 2. The molecule has 0 saturated heterocycles. The molecule has 0 radical (unpaired) electrons. The van der Waals surface area contributed by atoms with Crippen LogP contribution in [0.15, 0.2) is 58.9 Å². The second kappa shape index (κ2) is 14.8. The number of amides is 3. The van der Waals surface area contributed by atoms with Crippen LogP contribution < -0.4 is 21.7 Å². The van der Waals surface area contributed by atoms with Gasteiger partial charge in [-0.25, -0.2) is 9.78 Å². The van der Waals surface area contributed by atoms with Gasteiger partial charge in [-0.15, -0.1) is 11.3 Å². The van der Waals surface area contributed by atoms with Crippen LogP contribution in [0.2, 0.25) is 0 Å². The van der Waals surface area contributed by atoms with Crippen LogP contribution in [0.3, 0.4) is 0 Å². The minimum atomic E-state index is -0.599. The van der Waals surface area contributed by atoms with Crippen LogP contribution in [0, 0.1) is 0 Å². The summed E-state index contributed by atoms with van der Waals surface area (Å²) in [5, 5.41) is 10.5. The molecule has 3 rings (SSSR count). The first-order chi connectivity index (χ1) is 20.7. The Labute approximate surface area is 263 Å². The van der Waals surface area contributed by atoms with E-state index in [1.807, 2.05) is 83.3 Å². The standard InChI is InChI=1S/C33H42N6O4S/c1-8-21-12-13-24(17-25(21)33(5,6)20-37-31(42)43-32(2,3)4)29(41)36-18-28(40)39-30-38-27(19-44-30)23-11-9-10-22(16-23)26(34)14-15-35-7/h9-17,19H,8,18,20,34H2,1-7H3,(H,36,41)(H,37,42)(H,38,39,40). The van der Waals surface area contributed by atoms with Crippen LogP contribution in [-0.2, 0) is 21.4 Å². The number of carbonyl (C=O) groups is 3. The molecule has 0 aliphatic rings. The Morgan fingerprint density at radius 1 is 1.05 bits per heavy atom. The summed E-state index contributed by atoms with van der Waals surface area (Å²) in [6.07, 6.45) is 3.62. The fourth-order valence-electron chi connectivity index (χ4n) is 4.36. The Balaban J connectivity index is 1.63. The SMILES string of the molecule is CCc1ccc(C(=O)NCC(=O)Nc2nc(-c3cccc(C(N)=CC=NC)c3)cs2)cc1C(C)(C)CNC(=O)OC(C)(C)C. The van der Waals surface area contributed by atoms with Gasteiger partial charge in [-0.3, -0.25) is 14.6 Å². The van der Waals surface area contributed by atoms with Crippen molar-refractivity contribution >= 4 is 46.3 Å². The van der Waals surface area contributed by atoms with Gasteiger partial charge < -0.3 is 26.4 Å². The van der Waals surface area contributed by atoms with Gasteiger partial charge in [0.2, 0.25) is 5.91 Å². The van der Waals surface area contributed by atoms with E-state index in [0.29, 0.717) is 28.6 Å². The number of aliphatic imine (C=N–C) groups is 1. The highest BCUT2D eigenvalue weighted by molar-refractivity contribution is 7.14. The van der Waals surface area contributed by atoms with Gasteiger partial charge >= 0.3 is 6.09 Å². The topological polar surface area (TPSA) is 148 Å². The third-order valence-electron chi connectivity index (χ3n) is 6.61. The number of allylic oxidation sites excluding steroid dienone is 1. The van der Waals surface area contributed by atoms with Crippen LogP contribution in [0.25, 0.3) is 17.0 Å². The minimum absolute atomic E-state index is 0.224. The van der Waals surface area contributed by atoms with Crippen LogP contribution in [-0.4, -0.2) is 54.8 Å². The van der Waals surface area contributed by atoms with Crippen molar-refractivity contribution in [1.82, 2.24) is 15.6 Å². The zero-order valence-corrected chi connectivity index (χ0v) is 27.2. The maximum absolute atomic E-state index is 13.0. The van der Waals surface area contributed by atoms with Crippen LogP contribution in [0.5, 0.6) is 0 Å². The summed E-state index contributed by atoms with van der Waals surface area (Å²) in [4.78, 5) is 46.4. The highest BCUT2D eigenvalue weighted by atomic mass is 32.1. The number of carbonyl (C=O) groups excluding carboxylic acids is 3. The predicted octanol–water partition coefficient (Wildman–Crippen LogP) is 5.54. The van der Waals surface area contributed by atoms with Crippen LogP contribution >= 0.6 is 11.3 Å². The summed E-state index contributed by atoms with van der Waals surface area (Å²) < 4.78 is 5.37. The fraction of sp³-hybridized carbons (Fsp3) is 0.364. The molecular formula is C33H42N6O4S. The molecular weight excluding hydrogens is 576 g/mol. The summed E-state index contributed by atoms with van der Waals surface area (Å²) in [5.74, 6) is -0.776. The lowest BCUT2D eigenvalue weighted by Crippen LogP contribution is -2.40. The van der Waals surface area contributed by atoms with Crippen LogP contribution in [0.1, 0.15) is 68.6 Å². The summed E-state index contributed by atoms with van der Waals surface area (Å²) in [5.41, 5.74) is 10.4. The lowest BCUT2D eigenvalue weighted by molar-refractivity contribution is -0.115. The Bertz CT molecular complexity index is 1550. The number of anilines is 1. The van der Waals surface area contributed by atoms with E-state index >= 15 is 0 Å². The van der Waals surface area contributed by atoms with Crippen molar-refractivity contribution in [2.75, 3.05) is 25.5 Å². The van der Waals surface area contributed by atoms with E-state index in [1.165, 1.54) is 11.3 Å². The predicted molar refractivity (Wildman–Crippen MR) is 178 cm³/mol. The molecule has 234 valence electrons. The van der Waals surface area contributed by atoms with Crippen molar-refractivity contribution < 1.29 is 19.1 Å². The molecule has 2 aromatic carbocycles. The van der Waals surface area contributed by atoms with Crippen molar-refractivity contribution in [3.63, 3.8) is 0 Å². The Hall–Kier alpha value is -4.51. The number of thiazole rings is 1. The van der Waals surface area contributed by atoms with E-state index in [1.54, 1.807) is 25.4 Å². The van der Waals surface area contributed by atoms with Gasteiger partial charge in [-0.05, 0) is 68.2 Å². The molecule has 5 N–H and O–H groups in total. The minimum Gasteiger partial charge on any atom is -0.444 e. The van der Waals surface area contributed by atoms with E-state index < -0.39 is 23.0 Å². The molecule has 0 fully saturated rings. The number of rotatable bonds is 11. The van der Waals surface area contributed by atoms with Gasteiger partial charge in [0, 0.05) is 47.4 Å². The van der Waals surface area contributed by atoms with Crippen molar-refractivity contribution in [3.8, 4) is 11.3 Å². The average molecular weight is 619 g/mol. The molecule has 1 heterocycles. The second-order valence-corrected chi connectivity index (χ2v) is 12.7. The van der Waals surface area contributed by atoms with E-state index in [2.05, 4.69) is 25.9 Å². The lowest BCUT2D eigenvalue weighted by Gasteiger charge is -2.29. The number of aromatic nitrogens is 1. The molecule has 0 aliphatic carbocycles. The summed E-state index contributed by atoms with van der Waals surface area (Å²) in [7, 11) is 1.67. The molecule has 0 atom stereocenters. The summed E-state index contributed by atoms with van der Waals surface area (Å²) in [6, 6.07) is 13.1. The molecule has 11 heteroatoms. The maximum Gasteiger partial charge on any atom is 0.407 e. The summed E-state index contributed by atoms with van der Waals surface area (Å²) in [6.45, 7) is 11.6. The Morgan fingerprint density at radius 3 is 2.48 bits per heavy atom. The van der Waals surface area contributed by atoms with Gasteiger partial charge in [0.25, 0.3) is 5.91 Å². The first kappa shape index (κ1) is 34.0. The lowest BCUT2D eigenvalue weighted by atomic mass is 9.80. The first-order valence-corrected chi connectivity index (χ1v) is 15.2. The van der Waals surface area contributed by atoms with Crippen molar-refractivity contribution in [1.29, 1.82) is 0 Å². The van der Waals surface area contributed by atoms with Crippen molar-refractivity contribution in [3.05, 3.63) is 76.2 Å². The van der Waals surface area contributed by atoms with E-state index in [-0.39, 0.29) is 12.5 Å². The van der Waals surface area contributed by atoms with E-state index in [9.17, 15) is 14.4 Å². The van der Waals surface area contributed by atoms with Gasteiger partial charge in [-0.1, -0.05) is 45.0 Å². The largest absolute Gasteiger partial charge is 0.444 e. The molecule has 0 aliphatic heterocycles. The monoisotopic (exact) mass is 618 g/mol. The number of nitrogens with zero attached hydrogens (tertiary/aromatic N) is 2. The Morgan fingerprint density at radius 2 is 1.80 bits per heavy atom. The number of hydrogen-bond acceptors (Lipinski definition) is 8. The molecule has 3 aromatic rings. The second-order valence-electron chi connectivity index (χ2n) is 11.8. The van der Waals surface area contributed by atoms with Gasteiger partial charge in [0.05, 0.1) is 12.2 Å². The van der Waals surface area contributed by atoms with E-state index in [4.69, 9.17) is 10.5 Å². The quantitative estimate of drug-likeness (QED) is 0.207. The maximum atomic E-state index is 13.0. The number of aryl methyl sites for hydroxylation is 1. The molecule has 0 bridgehead atoms. The highest BCUT2D eigenvalue weighted by Crippen LogP contribution is 2.29. The number of nitrogens with two attached hydrogens (primary N) is 1. The average Bonchev–Trinajstić information content (AvgIpc) is 3.45. The molecule has 1 aromatic heterocycles. The Kier molecular flexibility index (Phi) is 11.4. The first-order valence-electron chi connectivity index (χ1n) is 14.3. The van der Waals surface area contributed by atoms with Crippen molar-refractivity contribution in [2.24, 2.45) is 10.7 Å². The molecule has 0 spiro atoms. The molecule has 44 heavy (non-hydrogen) atoms. The van der Waals surface area contributed by atoms with E-state index in [0.717, 1.165) is 28.7 Å². The smallest absolute Gasteiger partial charge is 0.407 e. The van der Waals surface area contributed by atoms with Gasteiger partial charge in [0.1, 0.15) is 5.60 Å². The number of hydrogen-bond donors (Lipinski definition) is 4. The molecule has 0 unspecified atom stereocenters. The number of alkyl carbamates (subject to hydrolysis) is 1. The number of nitrogens with one attached hydrogen (secondary N) is 3.